The fourth-order valence-corrected chi connectivity index (χ4v) is 4.96. The molecule has 0 aliphatic carbocycles. The first-order chi connectivity index (χ1) is 7.95. The van der Waals surface area contributed by atoms with Crippen LogP contribution in [0.15, 0.2) is 32.0 Å². The Morgan fingerprint density at radius 1 is 1.35 bits per heavy atom. The van der Waals surface area contributed by atoms with Crippen LogP contribution < -0.4 is 0 Å². The zero-order chi connectivity index (χ0) is 12.6. The van der Waals surface area contributed by atoms with Crippen LogP contribution in [0.1, 0.15) is 0 Å². The normalized spacial score (nSPS) is 18.1. The predicted molar refractivity (Wildman–Crippen MR) is 71.2 cm³/mol. The number of sulfonamides is 1. The lowest BCUT2D eigenvalue weighted by Crippen LogP contribution is -2.51. The number of hydrogen-bond donors (Lipinski definition) is 1. The van der Waals surface area contributed by atoms with Gasteiger partial charge in [-0.3, -0.25) is 0 Å². The maximum atomic E-state index is 12.2. The number of hydrogen-bond acceptors (Lipinski definition) is 3. The van der Waals surface area contributed by atoms with Crippen molar-refractivity contribution in [2.45, 2.75) is 4.90 Å². The van der Waals surface area contributed by atoms with Crippen molar-refractivity contribution in [2.75, 3.05) is 19.7 Å². The Labute approximate surface area is 117 Å². The number of aliphatic hydroxyl groups is 1. The highest BCUT2D eigenvalue weighted by molar-refractivity contribution is 9.11. The molecule has 0 saturated carbocycles. The zero-order valence-electron chi connectivity index (χ0n) is 8.81. The largest absolute Gasteiger partial charge is 0.396 e. The van der Waals surface area contributed by atoms with E-state index in [9.17, 15) is 8.42 Å². The molecule has 0 bridgehead atoms. The van der Waals surface area contributed by atoms with Crippen molar-refractivity contribution in [1.29, 1.82) is 0 Å². The second kappa shape index (κ2) is 4.97. The summed E-state index contributed by atoms with van der Waals surface area (Å²) < 4.78 is 27.2. The van der Waals surface area contributed by atoms with Gasteiger partial charge in [-0.05, 0) is 34.1 Å². The van der Waals surface area contributed by atoms with Gasteiger partial charge in [-0.1, -0.05) is 15.9 Å². The Balaban J connectivity index is 2.27. The van der Waals surface area contributed by atoms with Crippen LogP contribution in [-0.2, 0) is 10.0 Å². The summed E-state index contributed by atoms with van der Waals surface area (Å²) in [6, 6.07) is 4.97. The summed E-state index contributed by atoms with van der Waals surface area (Å²) in [6.07, 6.45) is 0. The van der Waals surface area contributed by atoms with Gasteiger partial charge in [0.05, 0.1) is 4.90 Å². The minimum absolute atomic E-state index is 0.0352. The lowest BCUT2D eigenvalue weighted by molar-refractivity contribution is 0.117. The van der Waals surface area contributed by atoms with E-state index in [0.717, 1.165) is 4.47 Å². The monoisotopic (exact) mass is 383 g/mol. The molecule has 94 valence electrons. The SMILES string of the molecule is O=S(=O)(c1ccc(Br)cc1Br)N1CC(CO)C1. The van der Waals surface area contributed by atoms with Crippen molar-refractivity contribution in [3.63, 3.8) is 0 Å². The average molecular weight is 385 g/mol. The summed E-state index contributed by atoms with van der Waals surface area (Å²) in [5.41, 5.74) is 0. The third kappa shape index (κ3) is 2.58. The van der Waals surface area contributed by atoms with Crippen LogP contribution in [0.5, 0.6) is 0 Å². The van der Waals surface area contributed by atoms with Gasteiger partial charge in [-0.15, -0.1) is 0 Å². The predicted octanol–water partition coefficient (Wildman–Crippen LogP) is 1.82. The third-order valence-corrected chi connectivity index (χ3v) is 6.00. The summed E-state index contributed by atoms with van der Waals surface area (Å²) in [6.45, 7) is 0.816. The van der Waals surface area contributed by atoms with Crippen LogP contribution in [0, 0.1) is 5.92 Å². The second-order valence-electron chi connectivity index (χ2n) is 3.95. The van der Waals surface area contributed by atoms with Crippen LogP contribution in [0.4, 0.5) is 0 Å². The summed E-state index contributed by atoms with van der Waals surface area (Å²) >= 11 is 6.53. The highest BCUT2D eigenvalue weighted by atomic mass is 79.9. The highest BCUT2D eigenvalue weighted by Gasteiger charge is 2.37. The molecule has 1 fully saturated rings. The van der Waals surface area contributed by atoms with E-state index in [-0.39, 0.29) is 17.4 Å². The number of aliphatic hydroxyl groups excluding tert-OH is 1. The van der Waals surface area contributed by atoms with Crippen LogP contribution in [0.25, 0.3) is 0 Å². The molecule has 0 unspecified atom stereocenters. The van der Waals surface area contributed by atoms with Gasteiger partial charge in [0.1, 0.15) is 0 Å². The van der Waals surface area contributed by atoms with Crippen LogP contribution in [0.2, 0.25) is 0 Å². The molecule has 0 atom stereocenters. The molecular formula is C10H11Br2NO3S. The van der Waals surface area contributed by atoms with E-state index in [1.165, 1.54) is 4.31 Å². The van der Waals surface area contributed by atoms with Crippen molar-refractivity contribution in [1.82, 2.24) is 4.31 Å². The fourth-order valence-electron chi connectivity index (χ4n) is 1.66. The minimum Gasteiger partial charge on any atom is -0.396 e. The van der Waals surface area contributed by atoms with Crippen LogP contribution >= 0.6 is 31.9 Å². The molecule has 0 radical (unpaired) electrons. The maximum Gasteiger partial charge on any atom is 0.244 e. The molecule has 0 aromatic heterocycles. The Morgan fingerprint density at radius 3 is 2.53 bits per heavy atom. The average Bonchev–Trinajstić information content (AvgIpc) is 2.14. The Morgan fingerprint density at radius 2 is 2.00 bits per heavy atom. The molecule has 1 aromatic carbocycles. The first-order valence-corrected chi connectivity index (χ1v) is 8.04. The van der Waals surface area contributed by atoms with Crippen molar-refractivity contribution < 1.29 is 13.5 Å². The molecule has 0 spiro atoms. The number of nitrogens with zero attached hydrogens (tertiary/aromatic N) is 1. The molecule has 1 N–H and O–H groups in total. The topological polar surface area (TPSA) is 57.6 Å². The van der Waals surface area contributed by atoms with E-state index in [0.29, 0.717) is 17.6 Å². The van der Waals surface area contributed by atoms with E-state index >= 15 is 0 Å². The molecule has 17 heavy (non-hydrogen) atoms. The lowest BCUT2D eigenvalue weighted by atomic mass is 10.1. The van der Waals surface area contributed by atoms with Crippen LogP contribution in [-0.4, -0.2) is 37.5 Å². The molecule has 1 heterocycles. The highest BCUT2D eigenvalue weighted by Crippen LogP contribution is 2.31. The van der Waals surface area contributed by atoms with E-state index in [4.69, 9.17) is 5.11 Å². The molecule has 2 rings (SSSR count). The summed E-state index contributed by atoms with van der Waals surface area (Å²) in [7, 11) is -3.44. The molecular weight excluding hydrogens is 374 g/mol. The molecule has 1 aliphatic heterocycles. The molecule has 4 nitrogen and oxygen atoms in total. The van der Waals surface area contributed by atoms with Gasteiger partial charge >= 0.3 is 0 Å². The Kier molecular flexibility index (Phi) is 3.94. The van der Waals surface area contributed by atoms with Gasteiger partial charge in [-0.2, -0.15) is 4.31 Å². The summed E-state index contributed by atoms with van der Waals surface area (Å²) in [4.78, 5) is 0.261. The number of halogens is 2. The van der Waals surface area contributed by atoms with Gasteiger partial charge in [-0.25, -0.2) is 8.42 Å². The van der Waals surface area contributed by atoms with Gasteiger partial charge in [0.15, 0.2) is 0 Å². The number of rotatable bonds is 3. The first-order valence-electron chi connectivity index (χ1n) is 5.01. The Bertz CT molecular complexity index is 526. The van der Waals surface area contributed by atoms with Crippen LogP contribution in [0.3, 0.4) is 0 Å². The van der Waals surface area contributed by atoms with Crippen molar-refractivity contribution >= 4 is 41.9 Å². The summed E-state index contributed by atoms with van der Waals surface area (Å²) in [5.74, 6) is 0.0685. The van der Waals surface area contributed by atoms with Gasteiger partial charge < -0.3 is 5.11 Å². The van der Waals surface area contributed by atoms with E-state index in [2.05, 4.69) is 31.9 Å². The van der Waals surface area contributed by atoms with E-state index in [1.807, 2.05) is 0 Å². The lowest BCUT2D eigenvalue weighted by Gasteiger charge is -2.37. The van der Waals surface area contributed by atoms with Crippen molar-refractivity contribution in [2.24, 2.45) is 5.92 Å². The maximum absolute atomic E-state index is 12.2. The quantitative estimate of drug-likeness (QED) is 0.864. The standard InChI is InChI=1S/C10H11Br2NO3S/c11-8-1-2-10(9(12)3-8)17(15,16)13-4-7(5-13)6-14/h1-3,7,14H,4-6H2. The van der Waals surface area contributed by atoms with Crippen molar-refractivity contribution in [3.05, 3.63) is 27.1 Å². The van der Waals surface area contributed by atoms with Crippen molar-refractivity contribution in [3.8, 4) is 0 Å². The smallest absolute Gasteiger partial charge is 0.244 e. The van der Waals surface area contributed by atoms with Gasteiger partial charge in [0.2, 0.25) is 10.0 Å². The van der Waals surface area contributed by atoms with Gasteiger partial charge in [0.25, 0.3) is 0 Å². The van der Waals surface area contributed by atoms with E-state index in [1.54, 1.807) is 18.2 Å². The molecule has 0 amide bonds. The molecule has 7 heteroatoms. The van der Waals surface area contributed by atoms with Gasteiger partial charge in [0, 0.05) is 34.6 Å². The minimum atomic E-state index is -3.44. The fraction of sp³-hybridized carbons (Fsp3) is 0.400. The zero-order valence-corrected chi connectivity index (χ0v) is 12.8. The first kappa shape index (κ1) is 13.5. The van der Waals surface area contributed by atoms with E-state index < -0.39 is 10.0 Å². The molecule has 1 aromatic rings. The number of benzene rings is 1. The summed E-state index contributed by atoms with van der Waals surface area (Å²) in [5, 5.41) is 8.89. The molecule has 1 saturated heterocycles. The Hall–Kier alpha value is 0.0500. The second-order valence-corrected chi connectivity index (χ2v) is 7.62. The third-order valence-electron chi connectivity index (χ3n) is 2.69. The molecule has 1 aliphatic rings.